The Morgan fingerprint density at radius 2 is 1.51 bits per heavy atom. The highest BCUT2D eigenvalue weighted by Gasteiger charge is 2.46. The Morgan fingerprint density at radius 3 is 2.00 bits per heavy atom. The summed E-state index contributed by atoms with van der Waals surface area (Å²) in [6.07, 6.45) is -10.9. The zero-order chi connectivity index (χ0) is 25.8. The van der Waals surface area contributed by atoms with Crippen LogP contribution in [0.3, 0.4) is 0 Å². The molecular formula is C23H21F5N2O5. The molecule has 2 aromatic rings. The second-order valence-electron chi connectivity index (χ2n) is 7.83. The van der Waals surface area contributed by atoms with Gasteiger partial charge in [0, 0.05) is 18.9 Å². The van der Waals surface area contributed by atoms with Crippen LogP contribution in [0.2, 0.25) is 0 Å². The van der Waals surface area contributed by atoms with Crippen molar-refractivity contribution < 1.29 is 46.2 Å². The number of fused-ring (bicyclic) bond motifs is 3. The van der Waals surface area contributed by atoms with Gasteiger partial charge >= 0.3 is 18.2 Å². The van der Waals surface area contributed by atoms with E-state index in [2.05, 4.69) is 0 Å². The van der Waals surface area contributed by atoms with Gasteiger partial charge in [-0.05, 0) is 22.3 Å². The molecule has 0 saturated carbocycles. The lowest BCUT2D eigenvalue weighted by molar-refractivity contribution is -0.182. The quantitative estimate of drug-likeness (QED) is 0.453. The fraction of sp³-hybridized carbons (Fsp3) is 0.348. The van der Waals surface area contributed by atoms with E-state index in [0.29, 0.717) is 0 Å². The molecule has 0 aromatic heterocycles. The van der Waals surface area contributed by atoms with Crippen molar-refractivity contribution in [2.75, 3.05) is 13.2 Å². The Hall–Kier alpha value is -3.70. The predicted octanol–water partition coefficient (Wildman–Crippen LogP) is 3.93. The average molecular weight is 500 g/mol. The Balaban J connectivity index is 1.62. The van der Waals surface area contributed by atoms with Crippen LogP contribution in [0.15, 0.2) is 48.5 Å². The Kier molecular flexibility index (Phi) is 7.92. The molecule has 0 bridgehead atoms. The summed E-state index contributed by atoms with van der Waals surface area (Å²) in [7, 11) is 0. The maximum atomic E-state index is 13.3. The topological polar surface area (TPSA) is 105 Å². The molecule has 0 saturated heterocycles. The van der Waals surface area contributed by atoms with E-state index in [1.807, 2.05) is 53.8 Å². The molecule has 1 aliphatic rings. The number of halogens is 5. The predicted molar refractivity (Wildman–Crippen MR) is 113 cm³/mol. The molecule has 0 aliphatic heterocycles. The van der Waals surface area contributed by atoms with Gasteiger partial charge in [0.2, 0.25) is 12.3 Å². The van der Waals surface area contributed by atoms with Crippen LogP contribution in [0.1, 0.15) is 23.5 Å². The van der Waals surface area contributed by atoms with E-state index in [1.165, 1.54) is 5.32 Å². The van der Waals surface area contributed by atoms with E-state index < -0.39 is 55.5 Å². The zero-order valence-corrected chi connectivity index (χ0v) is 18.0. The van der Waals surface area contributed by atoms with Crippen LogP contribution in [0.4, 0.5) is 26.7 Å². The first-order valence-electron chi connectivity index (χ1n) is 10.5. The van der Waals surface area contributed by atoms with Crippen LogP contribution in [0.25, 0.3) is 11.1 Å². The third-order valence-electron chi connectivity index (χ3n) is 5.53. The van der Waals surface area contributed by atoms with Crippen LogP contribution in [0, 0.1) is 5.92 Å². The van der Waals surface area contributed by atoms with E-state index in [9.17, 15) is 36.3 Å². The number of carbonyl (C=O) groups excluding carboxylic acids is 2. The van der Waals surface area contributed by atoms with Crippen molar-refractivity contribution >= 4 is 18.0 Å². The smallest absolute Gasteiger partial charge is 0.407 e. The first-order valence-corrected chi connectivity index (χ1v) is 10.5. The number of carboxylic acids is 1. The van der Waals surface area contributed by atoms with Crippen molar-refractivity contribution in [1.82, 2.24) is 10.6 Å². The van der Waals surface area contributed by atoms with Crippen LogP contribution in [-0.4, -0.2) is 54.9 Å². The number of hydrogen-bond acceptors (Lipinski definition) is 4. The highest BCUT2D eigenvalue weighted by atomic mass is 19.4. The highest BCUT2D eigenvalue weighted by Crippen LogP contribution is 2.44. The molecule has 188 valence electrons. The van der Waals surface area contributed by atoms with Gasteiger partial charge in [-0.3, -0.25) is 4.79 Å². The van der Waals surface area contributed by atoms with Crippen LogP contribution in [0.5, 0.6) is 0 Å². The molecule has 2 aromatic carbocycles. The minimum Gasteiger partial charge on any atom is -0.480 e. The summed E-state index contributed by atoms with van der Waals surface area (Å²) < 4.78 is 70.1. The van der Waals surface area contributed by atoms with Crippen LogP contribution < -0.4 is 10.6 Å². The number of alkyl carbamates (subject to hydrolysis) is 1. The Morgan fingerprint density at radius 1 is 0.971 bits per heavy atom. The molecular weight excluding hydrogens is 479 g/mol. The standard InChI is InChI=1S/C23H21F5N2O5/c24-19(25)9-18(21(32)33)30-20(31)17(23(26,27)28)10-29-22(34)35-11-16-14-7-3-1-5-12(14)13-6-2-4-8-15(13)16/h1-8,16-19H,9-11H2,(H,29,34)(H,30,31)(H,32,33). The van der Waals surface area contributed by atoms with Crippen molar-refractivity contribution in [2.24, 2.45) is 5.92 Å². The second kappa shape index (κ2) is 10.7. The molecule has 2 amide bonds. The number of benzene rings is 2. The lowest BCUT2D eigenvalue weighted by Crippen LogP contribution is -2.51. The van der Waals surface area contributed by atoms with Gasteiger partial charge < -0.3 is 20.5 Å². The minimum atomic E-state index is -5.19. The van der Waals surface area contributed by atoms with Crippen molar-refractivity contribution in [3.8, 4) is 11.1 Å². The van der Waals surface area contributed by atoms with Crippen molar-refractivity contribution in [3.05, 3.63) is 59.7 Å². The van der Waals surface area contributed by atoms with Gasteiger partial charge in [-0.1, -0.05) is 48.5 Å². The Labute approximate surface area is 196 Å². The third-order valence-corrected chi connectivity index (χ3v) is 5.53. The van der Waals surface area contributed by atoms with Crippen molar-refractivity contribution in [2.45, 2.75) is 31.0 Å². The summed E-state index contributed by atoms with van der Waals surface area (Å²) in [5.41, 5.74) is 3.66. The molecule has 0 radical (unpaired) electrons. The summed E-state index contributed by atoms with van der Waals surface area (Å²) in [6, 6.07) is 12.6. The SMILES string of the molecule is O=C(NCC(C(=O)NC(CC(F)F)C(=O)O)C(F)(F)F)OCC1c2ccccc2-c2ccccc21. The first-order chi connectivity index (χ1) is 16.5. The third kappa shape index (κ3) is 6.25. The van der Waals surface area contributed by atoms with Crippen LogP contribution in [-0.2, 0) is 14.3 Å². The van der Waals surface area contributed by atoms with E-state index in [0.717, 1.165) is 22.3 Å². The number of rotatable bonds is 9. The average Bonchev–Trinajstić information content (AvgIpc) is 3.10. The molecule has 0 heterocycles. The van der Waals surface area contributed by atoms with E-state index >= 15 is 0 Å². The molecule has 12 heteroatoms. The first kappa shape index (κ1) is 25.9. The summed E-state index contributed by atoms with van der Waals surface area (Å²) >= 11 is 0. The van der Waals surface area contributed by atoms with Gasteiger partial charge in [0.1, 0.15) is 12.6 Å². The highest BCUT2D eigenvalue weighted by molar-refractivity contribution is 5.86. The van der Waals surface area contributed by atoms with Crippen LogP contribution >= 0.6 is 0 Å². The van der Waals surface area contributed by atoms with Gasteiger partial charge in [-0.2, -0.15) is 13.2 Å². The van der Waals surface area contributed by atoms with E-state index in [1.54, 1.807) is 0 Å². The Bertz CT molecular complexity index is 1050. The maximum absolute atomic E-state index is 13.3. The summed E-state index contributed by atoms with van der Waals surface area (Å²) in [6.45, 7) is -1.45. The fourth-order valence-electron chi connectivity index (χ4n) is 3.86. The number of amides is 2. The number of ether oxygens (including phenoxy) is 1. The summed E-state index contributed by atoms with van der Waals surface area (Å²) in [4.78, 5) is 35.1. The molecule has 2 atom stereocenters. The van der Waals surface area contributed by atoms with E-state index in [4.69, 9.17) is 9.84 Å². The zero-order valence-electron chi connectivity index (χ0n) is 18.0. The molecule has 3 N–H and O–H groups in total. The lowest BCUT2D eigenvalue weighted by atomic mass is 9.98. The van der Waals surface area contributed by atoms with E-state index in [-0.39, 0.29) is 12.5 Å². The number of alkyl halides is 5. The minimum absolute atomic E-state index is 0.182. The van der Waals surface area contributed by atoms with Crippen molar-refractivity contribution in [3.63, 3.8) is 0 Å². The largest absolute Gasteiger partial charge is 0.480 e. The molecule has 7 nitrogen and oxygen atoms in total. The molecule has 0 spiro atoms. The lowest BCUT2D eigenvalue weighted by Gasteiger charge is -2.22. The number of hydrogen-bond donors (Lipinski definition) is 3. The summed E-state index contributed by atoms with van der Waals surface area (Å²) in [5.74, 6) is -6.99. The molecule has 2 unspecified atom stereocenters. The number of aliphatic carboxylic acids is 1. The summed E-state index contributed by atoms with van der Waals surface area (Å²) in [5, 5.41) is 12.2. The van der Waals surface area contributed by atoms with Gasteiger partial charge in [-0.25, -0.2) is 18.4 Å². The fourth-order valence-corrected chi connectivity index (χ4v) is 3.86. The molecule has 0 fully saturated rings. The molecule has 3 rings (SSSR count). The van der Waals surface area contributed by atoms with Gasteiger partial charge in [0.05, 0.1) is 0 Å². The number of nitrogens with one attached hydrogen (secondary N) is 2. The van der Waals surface area contributed by atoms with Crippen molar-refractivity contribution in [1.29, 1.82) is 0 Å². The number of carboxylic acid groups (broad SMARTS) is 1. The van der Waals surface area contributed by atoms with Gasteiger partial charge in [-0.15, -0.1) is 0 Å². The second-order valence-corrected chi connectivity index (χ2v) is 7.83. The molecule has 35 heavy (non-hydrogen) atoms. The normalized spacial score (nSPS) is 14.6. The molecule has 1 aliphatic carbocycles. The maximum Gasteiger partial charge on any atom is 0.407 e. The monoisotopic (exact) mass is 500 g/mol. The van der Waals surface area contributed by atoms with Gasteiger partial charge in [0.15, 0.2) is 5.92 Å². The van der Waals surface area contributed by atoms with Gasteiger partial charge in [0.25, 0.3) is 0 Å². The number of carbonyl (C=O) groups is 3.